The number of nitrogens with one attached hydrogen (secondary N) is 2. The van der Waals surface area contributed by atoms with Crippen molar-refractivity contribution < 1.29 is 37.0 Å². The number of imidazole rings is 1. The molecule has 0 radical (unpaired) electrons. The van der Waals surface area contributed by atoms with Gasteiger partial charge in [-0.15, -0.1) is 0 Å². The van der Waals surface area contributed by atoms with Crippen LogP contribution in [0, 0.1) is 11.8 Å². The number of fused-ring (bicyclic) bond motifs is 3. The lowest BCUT2D eigenvalue weighted by atomic mass is 9.85. The van der Waals surface area contributed by atoms with Crippen molar-refractivity contribution in [3.05, 3.63) is 64.9 Å². The normalized spacial score (nSPS) is 27.5. The fourth-order valence-electron chi connectivity index (χ4n) is 10.9. The van der Waals surface area contributed by atoms with Crippen LogP contribution in [0.4, 0.5) is 30.4 Å². The topological polar surface area (TPSA) is 200 Å². The molecule has 2 unspecified atom stereocenters. The number of anilines is 3. The van der Waals surface area contributed by atoms with Gasteiger partial charge in [0.2, 0.25) is 11.8 Å². The van der Waals surface area contributed by atoms with Crippen LogP contribution < -0.4 is 31.9 Å². The maximum atomic E-state index is 15.6. The molecule has 8 heterocycles. The largest absolute Gasteiger partial charge is 0.404 e. The maximum absolute atomic E-state index is 15.6. The minimum Gasteiger partial charge on any atom is -0.404 e. The first kappa shape index (κ1) is 44.1. The standard InChI is InChI=1S/C45H55F3N12O6/c1-55-40-33(3-2-4-34(40)60(45(55)64)35-9-10-38(61)53-44(35)63)57-18-26(19-57)23-66-36-12-14-56(21-31(36)46)17-25-5-7-27(8-6-25)59-22-32(39(54-59)41(47)48)51-43(62)30(16-49)42-50-13-11-37(52-42)58-20-29-15-28(58)24-65-29/h2-4,11,13,16,22,25-29,31,35-36,41H,5-10,12,14-15,17-21,23-24,49H2,1H3,(H,51,62)(H,53,61,63)/t25?,27?,28?,29-,31-,35?,36-/m1/s1. The number of amides is 3. The van der Waals surface area contributed by atoms with E-state index in [1.54, 1.807) is 23.9 Å². The summed E-state index contributed by atoms with van der Waals surface area (Å²) < 4.78 is 60.6. The van der Waals surface area contributed by atoms with Gasteiger partial charge in [-0.25, -0.2) is 27.9 Å². The van der Waals surface area contributed by atoms with Gasteiger partial charge in [0, 0.05) is 77.2 Å². The summed E-state index contributed by atoms with van der Waals surface area (Å²) in [7, 11) is 1.69. The molecule has 1 aliphatic carbocycles. The average molecular weight is 917 g/mol. The summed E-state index contributed by atoms with van der Waals surface area (Å²) in [5, 5.41) is 9.17. The van der Waals surface area contributed by atoms with Gasteiger partial charge in [-0.3, -0.25) is 38.4 Å². The zero-order chi connectivity index (χ0) is 45.8. The average Bonchev–Trinajstić information content (AvgIpc) is 4.09. The summed E-state index contributed by atoms with van der Waals surface area (Å²) in [4.78, 5) is 66.5. The van der Waals surface area contributed by atoms with Crippen molar-refractivity contribution in [2.75, 3.05) is 67.6 Å². The van der Waals surface area contributed by atoms with E-state index in [-0.39, 0.29) is 72.2 Å². The van der Waals surface area contributed by atoms with Gasteiger partial charge in [-0.05, 0) is 69.1 Å². The van der Waals surface area contributed by atoms with Crippen LogP contribution in [0.25, 0.3) is 16.6 Å². The molecule has 5 saturated heterocycles. The van der Waals surface area contributed by atoms with Crippen molar-refractivity contribution in [1.29, 1.82) is 0 Å². The van der Waals surface area contributed by atoms with Gasteiger partial charge in [-0.1, -0.05) is 6.07 Å². The number of nitrogens with two attached hydrogens (primary N) is 1. The Hall–Kier alpha value is -5.80. The Balaban J connectivity index is 0.681. The molecule has 4 aromatic rings. The lowest BCUT2D eigenvalue weighted by Gasteiger charge is -2.43. The predicted molar refractivity (Wildman–Crippen MR) is 236 cm³/mol. The van der Waals surface area contributed by atoms with Gasteiger partial charge >= 0.3 is 5.69 Å². The first-order chi connectivity index (χ1) is 31.9. The quantitative estimate of drug-likeness (QED) is 0.130. The fourth-order valence-corrected chi connectivity index (χ4v) is 10.9. The van der Waals surface area contributed by atoms with E-state index in [0.29, 0.717) is 75.9 Å². The van der Waals surface area contributed by atoms with Crippen LogP contribution in [0.5, 0.6) is 0 Å². The van der Waals surface area contributed by atoms with E-state index in [1.807, 2.05) is 18.2 Å². The number of alkyl halides is 3. The molecule has 3 amide bonds. The summed E-state index contributed by atoms with van der Waals surface area (Å²) in [6.45, 7) is 4.81. The Bertz CT molecular complexity index is 2580. The minimum absolute atomic E-state index is 0.0500. The molecule has 0 spiro atoms. The van der Waals surface area contributed by atoms with Crippen molar-refractivity contribution in [3.8, 4) is 0 Å². The number of benzene rings is 1. The predicted octanol–water partition coefficient (Wildman–Crippen LogP) is 3.45. The maximum Gasteiger partial charge on any atom is 0.329 e. The summed E-state index contributed by atoms with van der Waals surface area (Å²) in [6.07, 6.45) is 4.64. The second-order valence-electron chi connectivity index (χ2n) is 18.7. The lowest BCUT2D eigenvalue weighted by Crippen LogP contribution is -2.51. The Morgan fingerprint density at radius 2 is 1.86 bits per heavy atom. The van der Waals surface area contributed by atoms with Crippen molar-refractivity contribution >= 4 is 51.5 Å². The molecule has 352 valence electrons. The van der Waals surface area contributed by atoms with E-state index in [0.717, 1.165) is 43.2 Å². The monoisotopic (exact) mass is 916 g/mol. The van der Waals surface area contributed by atoms with Gasteiger partial charge < -0.3 is 30.3 Å². The van der Waals surface area contributed by atoms with Crippen molar-refractivity contribution in [2.45, 2.75) is 94.3 Å². The van der Waals surface area contributed by atoms with E-state index in [2.05, 4.69) is 40.4 Å². The highest BCUT2D eigenvalue weighted by Crippen LogP contribution is 2.38. The number of piperidine rings is 2. The number of aromatic nitrogens is 6. The zero-order valence-corrected chi connectivity index (χ0v) is 36.7. The lowest BCUT2D eigenvalue weighted by molar-refractivity contribution is -0.135. The highest BCUT2D eigenvalue weighted by molar-refractivity contribution is 6.24. The molecular formula is C45H55F3N12O6. The molecule has 21 heteroatoms. The molecule has 1 aromatic carbocycles. The molecule has 1 saturated carbocycles. The number of ether oxygens (including phenoxy) is 2. The molecule has 66 heavy (non-hydrogen) atoms. The number of hydrogen-bond acceptors (Lipinski definition) is 13. The van der Waals surface area contributed by atoms with Crippen LogP contribution in [0.15, 0.2) is 47.7 Å². The number of nitrogens with zero attached hydrogens (tertiary/aromatic N) is 9. The summed E-state index contributed by atoms with van der Waals surface area (Å²) in [5.41, 5.74) is 7.12. The summed E-state index contributed by atoms with van der Waals surface area (Å²) in [5.74, 6) is -0.294. The molecule has 6 fully saturated rings. The molecule has 6 aliphatic rings. The number of halogens is 3. The zero-order valence-electron chi connectivity index (χ0n) is 36.7. The van der Waals surface area contributed by atoms with E-state index in [9.17, 15) is 28.0 Å². The summed E-state index contributed by atoms with van der Waals surface area (Å²) >= 11 is 0. The van der Waals surface area contributed by atoms with Crippen LogP contribution in [-0.2, 0) is 30.9 Å². The van der Waals surface area contributed by atoms with Crippen LogP contribution in [0.2, 0.25) is 0 Å². The van der Waals surface area contributed by atoms with Crippen LogP contribution >= 0.6 is 0 Å². The number of carbonyl (C=O) groups is 3. The third-order valence-electron chi connectivity index (χ3n) is 14.4. The smallest absolute Gasteiger partial charge is 0.329 e. The highest BCUT2D eigenvalue weighted by Gasteiger charge is 2.41. The Morgan fingerprint density at radius 3 is 2.58 bits per heavy atom. The highest BCUT2D eigenvalue weighted by atomic mass is 19.3. The summed E-state index contributed by atoms with van der Waals surface area (Å²) in [6, 6.07) is 6.70. The second-order valence-corrected chi connectivity index (χ2v) is 18.7. The fraction of sp³-hybridized carbons (Fsp3) is 0.578. The number of likely N-dealkylation sites (tertiary alicyclic amines) is 1. The van der Waals surface area contributed by atoms with Crippen LogP contribution in [-0.4, -0.2) is 128 Å². The Morgan fingerprint density at radius 1 is 1.05 bits per heavy atom. The van der Waals surface area contributed by atoms with E-state index < -0.39 is 42.3 Å². The van der Waals surface area contributed by atoms with E-state index in [1.165, 1.54) is 15.4 Å². The van der Waals surface area contributed by atoms with Crippen LogP contribution in [0.3, 0.4) is 0 Å². The SMILES string of the molecule is Cn1c(=O)n(C2CCC(=O)NC2=O)c2cccc(N3CC(CO[C@@H]4CCN(CC5CCC(n6cc(NC(=O)C(=CN)c7nccc(N8C[C@H]9CC8CO9)n7)c(C(F)F)n6)CC5)C[C@H]4F)C3)c21. The van der Waals surface area contributed by atoms with Gasteiger partial charge in [0.05, 0.1) is 65.5 Å². The van der Waals surface area contributed by atoms with E-state index in [4.69, 9.17) is 15.2 Å². The van der Waals surface area contributed by atoms with Crippen LogP contribution in [0.1, 0.15) is 81.4 Å². The van der Waals surface area contributed by atoms with Gasteiger partial charge in [-0.2, -0.15) is 5.10 Å². The molecule has 5 aliphatic heterocycles. The molecular weight excluding hydrogens is 862 g/mol. The number of aryl methyl sites for hydroxylation is 1. The minimum atomic E-state index is -2.92. The van der Waals surface area contributed by atoms with Crippen molar-refractivity contribution in [3.63, 3.8) is 0 Å². The number of morpholine rings is 1. The number of carbonyl (C=O) groups excluding carboxylic acids is 3. The molecule has 10 rings (SSSR count). The first-order valence-corrected chi connectivity index (χ1v) is 23.0. The first-order valence-electron chi connectivity index (χ1n) is 23.0. The molecule has 2 bridgehead atoms. The number of hydrogen-bond donors (Lipinski definition) is 3. The molecule has 3 aromatic heterocycles. The third-order valence-corrected chi connectivity index (χ3v) is 14.4. The number of rotatable bonds is 13. The van der Waals surface area contributed by atoms with Gasteiger partial charge in [0.1, 0.15) is 18.0 Å². The molecule has 18 nitrogen and oxygen atoms in total. The third kappa shape index (κ3) is 8.44. The second kappa shape index (κ2) is 18.1. The van der Waals surface area contributed by atoms with E-state index >= 15 is 4.39 Å². The Labute approximate surface area is 378 Å². The number of para-hydroxylation sites is 1. The molecule has 4 N–H and O–H groups in total. The Kier molecular flexibility index (Phi) is 12.1. The molecule has 5 atom stereocenters. The van der Waals surface area contributed by atoms with Crippen molar-refractivity contribution in [2.24, 2.45) is 24.6 Å². The van der Waals surface area contributed by atoms with Gasteiger partial charge in [0.15, 0.2) is 11.5 Å². The number of imide groups is 1. The van der Waals surface area contributed by atoms with Gasteiger partial charge in [0.25, 0.3) is 12.3 Å². The van der Waals surface area contributed by atoms with Crippen molar-refractivity contribution in [1.82, 2.24) is 39.1 Å².